The minimum atomic E-state index is -0.381. The number of hydrogen-bond donors (Lipinski definition) is 1. The molecule has 2 rings (SSSR count). The highest BCUT2D eigenvalue weighted by Gasteiger charge is 2.11. The number of carbonyl (C=O) groups is 3. The molecule has 132 valence electrons. The predicted octanol–water partition coefficient (Wildman–Crippen LogP) is 4.16. The first-order chi connectivity index (χ1) is 12.0. The van der Waals surface area contributed by atoms with Gasteiger partial charge in [-0.3, -0.25) is 9.59 Å². The zero-order valence-electron chi connectivity index (χ0n) is 14.3. The molecule has 0 bridgehead atoms. The van der Waals surface area contributed by atoms with Crippen LogP contribution < -0.4 is 5.32 Å². The average Bonchev–Trinajstić information content (AvgIpc) is 3.13. The van der Waals surface area contributed by atoms with Crippen LogP contribution in [0.3, 0.4) is 0 Å². The number of esters is 1. The van der Waals surface area contributed by atoms with Crippen molar-refractivity contribution in [3.8, 4) is 0 Å². The second kappa shape index (κ2) is 9.13. The van der Waals surface area contributed by atoms with E-state index in [1.807, 2.05) is 25.3 Å². The van der Waals surface area contributed by atoms with Crippen LogP contribution in [0, 0.1) is 5.92 Å². The fraction of sp³-hybridized carbons (Fsp3) is 0.316. The zero-order valence-corrected chi connectivity index (χ0v) is 15.1. The van der Waals surface area contributed by atoms with E-state index >= 15 is 0 Å². The molecule has 0 saturated heterocycles. The van der Waals surface area contributed by atoms with Crippen LogP contribution in [0.15, 0.2) is 41.8 Å². The zero-order chi connectivity index (χ0) is 18.2. The molecule has 1 aromatic carbocycles. The van der Waals surface area contributed by atoms with Crippen molar-refractivity contribution in [2.75, 3.05) is 11.9 Å². The summed E-state index contributed by atoms with van der Waals surface area (Å²) in [5, 5.41) is 4.55. The molecule has 0 saturated carbocycles. The summed E-state index contributed by atoms with van der Waals surface area (Å²) in [6, 6.07) is 10.1. The molecule has 0 fully saturated rings. The number of amides is 1. The maximum absolute atomic E-state index is 11.9. The average molecular weight is 359 g/mol. The van der Waals surface area contributed by atoms with E-state index in [2.05, 4.69) is 5.32 Å². The Labute approximate surface area is 151 Å². The summed E-state index contributed by atoms with van der Waals surface area (Å²) in [6.45, 7) is 4.31. The number of ketones is 1. The van der Waals surface area contributed by atoms with Crippen LogP contribution in [0.5, 0.6) is 0 Å². The number of nitrogens with one attached hydrogen (secondary N) is 1. The molecular weight excluding hydrogens is 338 g/mol. The molecular formula is C19H21NO4S. The fourth-order valence-electron chi connectivity index (χ4n) is 2.03. The van der Waals surface area contributed by atoms with Gasteiger partial charge in [0.1, 0.15) is 0 Å². The van der Waals surface area contributed by atoms with Gasteiger partial charge in [-0.2, -0.15) is 0 Å². The summed E-state index contributed by atoms with van der Waals surface area (Å²) in [5.74, 6) is -0.374. The van der Waals surface area contributed by atoms with Crippen molar-refractivity contribution in [1.29, 1.82) is 0 Å². The van der Waals surface area contributed by atoms with Crippen molar-refractivity contribution in [2.45, 2.75) is 26.7 Å². The summed E-state index contributed by atoms with van der Waals surface area (Å²) in [7, 11) is 0. The van der Waals surface area contributed by atoms with Crippen molar-refractivity contribution < 1.29 is 19.1 Å². The molecule has 0 aliphatic carbocycles. The maximum Gasteiger partial charge on any atom is 0.338 e. The van der Waals surface area contributed by atoms with Crippen molar-refractivity contribution >= 4 is 34.7 Å². The first-order valence-electron chi connectivity index (χ1n) is 8.09. The number of rotatable bonds is 8. The normalized spacial score (nSPS) is 10.5. The van der Waals surface area contributed by atoms with Gasteiger partial charge < -0.3 is 10.1 Å². The van der Waals surface area contributed by atoms with Gasteiger partial charge in [-0.1, -0.05) is 19.9 Å². The van der Waals surface area contributed by atoms with Crippen LogP contribution in [0.4, 0.5) is 5.69 Å². The lowest BCUT2D eigenvalue weighted by Crippen LogP contribution is -2.14. The first kappa shape index (κ1) is 18.9. The Morgan fingerprint density at radius 2 is 1.80 bits per heavy atom. The standard InChI is InChI=1S/C19H21NO4S/c1-13(2)12-24-19(23)14-5-7-15(8-6-14)20-18(22)10-9-16(21)17-4-3-11-25-17/h3-8,11,13H,9-10,12H2,1-2H3,(H,20,22). The Morgan fingerprint density at radius 1 is 1.08 bits per heavy atom. The molecule has 1 amide bonds. The number of hydrogen-bond acceptors (Lipinski definition) is 5. The molecule has 2 aromatic rings. The number of ether oxygens (including phenoxy) is 1. The van der Waals surface area contributed by atoms with E-state index in [1.165, 1.54) is 11.3 Å². The highest BCUT2D eigenvalue weighted by molar-refractivity contribution is 7.12. The molecule has 0 atom stereocenters. The molecule has 0 unspecified atom stereocenters. The molecule has 0 radical (unpaired) electrons. The number of thiophene rings is 1. The summed E-state index contributed by atoms with van der Waals surface area (Å²) >= 11 is 1.37. The molecule has 5 nitrogen and oxygen atoms in total. The molecule has 0 aliphatic rings. The second-order valence-corrected chi connectivity index (χ2v) is 6.97. The smallest absolute Gasteiger partial charge is 0.338 e. The first-order valence-corrected chi connectivity index (χ1v) is 8.97. The number of benzene rings is 1. The lowest BCUT2D eigenvalue weighted by molar-refractivity contribution is -0.116. The number of carbonyl (C=O) groups excluding carboxylic acids is 3. The van der Waals surface area contributed by atoms with E-state index in [0.717, 1.165) is 0 Å². The van der Waals surface area contributed by atoms with Crippen molar-refractivity contribution in [3.63, 3.8) is 0 Å². The van der Waals surface area contributed by atoms with Crippen LogP contribution in [0.2, 0.25) is 0 Å². The highest BCUT2D eigenvalue weighted by Crippen LogP contribution is 2.14. The van der Waals surface area contributed by atoms with Crippen molar-refractivity contribution in [2.24, 2.45) is 5.92 Å². The van der Waals surface area contributed by atoms with Gasteiger partial charge in [0.25, 0.3) is 0 Å². The van der Waals surface area contributed by atoms with Gasteiger partial charge in [-0.05, 0) is 41.6 Å². The Bertz CT molecular complexity index is 720. The lowest BCUT2D eigenvalue weighted by atomic mass is 10.1. The number of anilines is 1. The molecule has 25 heavy (non-hydrogen) atoms. The second-order valence-electron chi connectivity index (χ2n) is 6.02. The summed E-state index contributed by atoms with van der Waals surface area (Å²) in [6.07, 6.45) is 0.293. The molecule has 6 heteroatoms. The monoisotopic (exact) mass is 359 g/mol. The van der Waals surface area contributed by atoms with Gasteiger partial charge in [0, 0.05) is 18.5 Å². The van der Waals surface area contributed by atoms with Gasteiger partial charge in [-0.15, -0.1) is 11.3 Å². The quantitative estimate of drug-likeness (QED) is 0.567. The summed E-state index contributed by atoms with van der Waals surface area (Å²) in [4.78, 5) is 36.3. The predicted molar refractivity (Wildman–Crippen MR) is 98.1 cm³/mol. The highest BCUT2D eigenvalue weighted by atomic mass is 32.1. The van der Waals surface area contributed by atoms with Crippen LogP contribution >= 0.6 is 11.3 Å². The lowest BCUT2D eigenvalue weighted by Gasteiger charge is -2.08. The molecule has 1 heterocycles. The molecule has 0 aliphatic heterocycles. The minimum absolute atomic E-state index is 0.0339. The third kappa shape index (κ3) is 6.15. The molecule has 1 N–H and O–H groups in total. The topological polar surface area (TPSA) is 72.5 Å². The van der Waals surface area contributed by atoms with E-state index in [1.54, 1.807) is 30.3 Å². The maximum atomic E-state index is 11.9. The van der Waals surface area contributed by atoms with Gasteiger partial charge in [0.05, 0.1) is 17.0 Å². The van der Waals surface area contributed by atoms with Crippen molar-refractivity contribution in [3.05, 3.63) is 52.2 Å². The van der Waals surface area contributed by atoms with Crippen molar-refractivity contribution in [1.82, 2.24) is 0 Å². The third-order valence-electron chi connectivity index (χ3n) is 3.33. The summed E-state index contributed by atoms with van der Waals surface area (Å²) < 4.78 is 5.15. The van der Waals surface area contributed by atoms with Gasteiger partial charge >= 0.3 is 5.97 Å². The Kier molecular flexibility index (Phi) is 6.89. The van der Waals surface area contributed by atoms with Gasteiger partial charge in [-0.25, -0.2) is 4.79 Å². The van der Waals surface area contributed by atoms with Gasteiger partial charge in [0.15, 0.2) is 5.78 Å². The van der Waals surface area contributed by atoms with E-state index in [9.17, 15) is 14.4 Å². The van der Waals surface area contributed by atoms with Crippen LogP contribution in [-0.2, 0) is 9.53 Å². The van der Waals surface area contributed by atoms with E-state index in [4.69, 9.17) is 4.74 Å². The van der Waals surface area contributed by atoms with Crippen LogP contribution in [0.1, 0.15) is 46.7 Å². The Balaban J connectivity index is 1.81. The SMILES string of the molecule is CC(C)COC(=O)c1ccc(NC(=O)CCC(=O)c2cccs2)cc1. The largest absolute Gasteiger partial charge is 0.462 e. The van der Waals surface area contributed by atoms with Gasteiger partial charge in [0.2, 0.25) is 5.91 Å². The van der Waals surface area contributed by atoms with Crippen LogP contribution in [0.25, 0.3) is 0 Å². The van der Waals surface area contributed by atoms with E-state index < -0.39 is 0 Å². The van der Waals surface area contributed by atoms with Crippen LogP contribution in [-0.4, -0.2) is 24.3 Å². The Hall–Kier alpha value is -2.47. The Morgan fingerprint density at radius 3 is 2.40 bits per heavy atom. The molecule has 1 aromatic heterocycles. The minimum Gasteiger partial charge on any atom is -0.462 e. The summed E-state index contributed by atoms with van der Waals surface area (Å²) in [5.41, 5.74) is 1.01. The number of Topliss-reactive ketones (excluding diaryl/α,β-unsaturated/α-hetero) is 1. The molecule has 0 spiro atoms. The van der Waals surface area contributed by atoms with E-state index in [0.29, 0.717) is 22.7 Å². The fourth-order valence-corrected chi connectivity index (χ4v) is 2.72. The third-order valence-corrected chi connectivity index (χ3v) is 4.24. The van der Waals surface area contributed by atoms with E-state index in [-0.39, 0.29) is 36.4 Å².